The highest BCUT2D eigenvalue weighted by Crippen LogP contribution is 2.24. The monoisotopic (exact) mass is 346 g/mol. The molecule has 2 rings (SSSR count). The Hall–Kier alpha value is -1.28. The summed E-state index contributed by atoms with van der Waals surface area (Å²) in [6.45, 7) is 6.29. The highest BCUT2D eigenvalue weighted by atomic mass is 16.6. The molecule has 1 fully saturated rings. The number of hydrogen-bond acceptors (Lipinski definition) is 2. The lowest BCUT2D eigenvalue weighted by molar-refractivity contribution is 0.465. The molecular formula is C23H38O2. The average Bonchev–Trinajstić information content (AvgIpc) is 3.48. The van der Waals surface area contributed by atoms with E-state index in [-0.39, 0.29) is 0 Å². The van der Waals surface area contributed by atoms with Gasteiger partial charge in [0.15, 0.2) is 0 Å². The summed E-state index contributed by atoms with van der Waals surface area (Å²) in [6, 6.07) is 5.82. The molecule has 0 atom stereocenters. The summed E-state index contributed by atoms with van der Waals surface area (Å²) in [4.78, 5) is 0. The van der Waals surface area contributed by atoms with Gasteiger partial charge in [0.25, 0.3) is 0 Å². The quantitative estimate of drug-likeness (QED) is 0.329. The van der Waals surface area contributed by atoms with E-state index in [2.05, 4.69) is 23.8 Å². The van der Waals surface area contributed by atoms with Crippen LogP contribution in [0.1, 0.15) is 89.2 Å². The van der Waals surface area contributed by atoms with Crippen molar-refractivity contribution >= 4 is 6.08 Å². The predicted molar refractivity (Wildman–Crippen MR) is 109 cm³/mol. The molecule has 0 spiro atoms. The van der Waals surface area contributed by atoms with Gasteiger partial charge in [-0.2, -0.15) is 0 Å². The van der Waals surface area contributed by atoms with Crippen LogP contribution in [0.5, 0.6) is 5.75 Å². The van der Waals surface area contributed by atoms with Crippen LogP contribution in [0.2, 0.25) is 0 Å². The Bertz CT molecular complexity index is 460. The molecule has 0 amide bonds. The number of hydrogen-bond donors (Lipinski definition) is 1. The summed E-state index contributed by atoms with van der Waals surface area (Å²) in [5, 5.41) is 10.0. The van der Waals surface area contributed by atoms with E-state index in [9.17, 15) is 5.11 Å². The zero-order chi connectivity index (χ0) is 18.2. The van der Waals surface area contributed by atoms with Gasteiger partial charge in [-0.25, -0.2) is 0 Å². The zero-order valence-electron chi connectivity index (χ0n) is 16.4. The molecular weight excluding hydrogens is 308 g/mol. The van der Waals surface area contributed by atoms with E-state index in [0.29, 0.717) is 5.75 Å². The standard InChI is InChI=1S/C21H34O.C2H4O/c1-3-5-6-7-8-9-10-11-12-13-17-20-19(15-4-2)16-14-18-21(20)22;1-2-3-1/h4,14-16,18,22H,3,5-13,17H2,1-2H3;1-2H2/b15-4-;. The first-order valence-electron chi connectivity index (χ1n) is 10.3. The molecule has 0 aliphatic carbocycles. The number of ether oxygens (including phenoxy) is 1. The van der Waals surface area contributed by atoms with Crippen molar-refractivity contribution in [1.82, 2.24) is 0 Å². The van der Waals surface area contributed by atoms with Crippen LogP contribution in [0.4, 0.5) is 0 Å². The van der Waals surface area contributed by atoms with Crippen LogP contribution in [0, 0.1) is 0 Å². The van der Waals surface area contributed by atoms with E-state index < -0.39 is 0 Å². The second-order valence-electron chi connectivity index (χ2n) is 6.89. The highest BCUT2D eigenvalue weighted by molar-refractivity contribution is 5.57. The minimum absolute atomic E-state index is 0.450. The molecule has 2 heteroatoms. The molecule has 1 heterocycles. The number of benzene rings is 1. The lowest BCUT2D eigenvalue weighted by Crippen LogP contribution is -1.91. The second-order valence-corrected chi connectivity index (χ2v) is 6.89. The largest absolute Gasteiger partial charge is 0.508 e. The number of allylic oxidation sites excluding steroid dienone is 1. The van der Waals surface area contributed by atoms with Crippen molar-refractivity contribution in [3.63, 3.8) is 0 Å². The van der Waals surface area contributed by atoms with Gasteiger partial charge in [-0.05, 0) is 31.4 Å². The highest BCUT2D eigenvalue weighted by Gasteiger charge is 2.05. The third kappa shape index (κ3) is 11.8. The SMILES string of the molecule is C/C=C\c1cccc(O)c1CCCCCCCCCCCC.C1CO1. The normalized spacial score (nSPS) is 12.9. The Morgan fingerprint density at radius 3 is 2.00 bits per heavy atom. The van der Waals surface area contributed by atoms with Crippen molar-refractivity contribution in [1.29, 1.82) is 0 Å². The minimum atomic E-state index is 0.450. The Morgan fingerprint density at radius 2 is 1.48 bits per heavy atom. The fourth-order valence-electron chi connectivity index (χ4n) is 2.99. The van der Waals surface area contributed by atoms with Crippen molar-refractivity contribution in [2.75, 3.05) is 13.2 Å². The van der Waals surface area contributed by atoms with Gasteiger partial charge in [-0.3, -0.25) is 0 Å². The lowest BCUT2D eigenvalue weighted by atomic mass is 9.99. The van der Waals surface area contributed by atoms with Crippen LogP contribution in [0.3, 0.4) is 0 Å². The Kier molecular flexibility index (Phi) is 13.1. The van der Waals surface area contributed by atoms with Crippen molar-refractivity contribution in [3.05, 3.63) is 35.4 Å². The first-order valence-corrected chi connectivity index (χ1v) is 10.3. The average molecular weight is 347 g/mol. The number of unbranched alkanes of at least 4 members (excludes halogenated alkanes) is 9. The second kappa shape index (κ2) is 15.0. The number of phenolic OH excluding ortho intramolecular Hbond substituents is 1. The van der Waals surface area contributed by atoms with Crippen LogP contribution in [-0.4, -0.2) is 18.3 Å². The third-order valence-electron chi connectivity index (χ3n) is 4.52. The molecule has 1 aliphatic heterocycles. The first kappa shape index (κ1) is 21.8. The summed E-state index contributed by atoms with van der Waals surface area (Å²) >= 11 is 0. The van der Waals surface area contributed by atoms with Gasteiger partial charge in [-0.15, -0.1) is 0 Å². The van der Waals surface area contributed by atoms with Gasteiger partial charge in [-0.1, -0.05) is 89.0 Å². The summed E-state index contributed by atoms with van der Waals surface area (Å²) in [5.74, 6) is 0.450. The van der Waals surface area contributed by atoms with Gasteiger partial charge in [0, 0.05) is 5.56 Å². The van der Waals surface area contributed by atoms with Crippen LogP contribution in [0.15, 0.2) is 24.3 Å². The van der Waals surface area contributed by atoms with E-state index in [1.165, 1.54) is 69.8 Å². The summed E-state index contributed by atoms with van der Waals surface area (Å²) < 4.78 is 4.50. The molecule has 1 aliphatic rings. The molecule has 2 nitrogen and oxygen atoms in total. The Labute approximate surface area is 155 Å². The van der Waals surface area contributed by atoms with Gasteiger partial charge in [0.2, 0.25) is 0 Å². The van der Waals surface area contributed by atoms with Gasteiger partial charge in [0.05, 0.1) is 13.2 Å². The smallest absolute Gasteiger partial charge is 0.119 e. The van der Waals surface area contributed by atoms with Gasteiger partial charge in [0.1, 0.15) is 5.75 Å². The van der Waals surface area contributed by atoms with Crippen LogP contribution in [0.25, 0.3) is 6.08 Å². The summed E-state index contributed by atoms with van der Waals surface area (Å²) in [6.07, 6.45) is 18.6. The molecule has 1 N–H and O–H groups in total. The van der Waals surface area contributed by atoms with Crippen LogP contribution < -0.4 is 0 Å². The molecule has 142 valence electrons. The maximum atomic E-state index is 10.0. The van der Waals surface area contributed by atoms with E-state index in [1.807, 2.05) is 19.1 Å². The molecule has 1 saturated heterocycles. The lowest BCUT2D eigenvalue weighted by Gasteiger charge is -2.08. The van der Waals surface area contributed by atoms with Crippen LogP contribution in [-0.2, 0) is 11.2 Å². The molecule has 0 aromatic heterocycles. The topological polar surface area (TPSA) is 32.8 Å². The Morgan fingerprint density at radius 1 is 0.920 bits per heavy atom. The van der Waals surface area contributed by atoms with E-state index in [1.54, 1.807) is 6.07 Å². The van der Waals surface area contributed by atoms with E-state index in [0.717, 1.165) is 25.2 Å². The summed E-state index contributed by atoms with van der Waals surface area (Å²) in [7, 11) is 0. The van der Waals surface area contributed by atoms with E-state index in [4.69, 9.17) is 0 Å². The molecule has 0 saturated carbocycles. The van der Waals surface area contributed by atoms with E-state index >= 15 is 0 Å². The number of rotatable bonds is 12. The first-order chi connectivity index (χ1) is 12.3. The molecule has 0 unspecified atom stereocenters. The maximum Gasteiger partial charge on any atom is 0.119 e. The fourth-order valence-corrected chi connectivity index (χ4v) is 2.99. The molecule has 0 bridgehead atoms. The van der Waals surface area contributed by atoms with Crippen molar-refractivity contribution < 1.29 is 9.84 Å². The molecule has 0 radical (unpaired) electrons. The zero-order valence-corrected chi connectivity index (χ0v) is 16.4. The molecule has 1 aromatic rings. The summed E-state index contributed by atoms with van der Waals surface area (Å²) in [5.41, 5.74) is 2.28. The molecule has 1 aromatic carbocycles. The van der Waals surface area contributed by atoms with Crippen molar-refractivity contribution in [2.24, 2.45) is 0 Å². The van der Waals surface area contributed by atoms with Crippen LogP contribution >= 0.6 is 0 Å². The van der Waals surface area contributed by atoms with Crippen molar-refractivity contribution in [3.8, 4) is 5.75 Å². The Balaban J connectivity index is 0.000000934. The number of aromatic hydroxyl groups is 1. The van der Waals surface area contributed by atoms with Crippen molar-refractivity contribution in [2.45, 2.75) is 84.5 Å². The number of phenols is 1. The molecule has 25 heavy (non-hydrogen) atoms. The predicted octanol–water partition coefficient (Wildman–Crippen LogP) is 6.91. The fraction of sp³-hybridized carbons (Fsp3) is 0.652. The maximum absolute atomic E-state index is 10.0. The van der Waals surface area contributed by atoms with Gasteiger partial charge >= 0.3 is 0 Å². The van der Waals surface area contributed by atoms with Gasteiger partial charge < -0.3 is 9.84 Å². The minimum Gasteiger partial charge on any atom is -0.508 e. The number of epoxide rings is 1. The third-order valence-corrected chi connectivity index (χ3v) is 4.52.